The van der Waals surface area contributed by atoms with E-state index in [4.69, 9.17) is 0 Å². The van der Waals surface area contributed by atoms with E-state index in [1.54, 1.807) is 0 Å². The fourth-order valence-corrected chi connectivity index (χ4v) is 3.75. The highest BCUT2D eigenvalue weighted by atomic mass is 16.3. The summed E-state index contributed by atoms with van der Waals surface area (Å²) in [6.45, 7) is 4.20. The lowest BCUT2D eigenvalue weighted by molar-refractivity contribution is -0.0828. The fraction of sp³-hybridized carbons (Fsp3) is 0.611. The van der Waals surface area contributed by atoms with E-state index in [0.29, 0.717) is 18.8 Å². The van der Waals surface area contributed by atoms with Crippen LogP contribution in [0.25, 0.3) is 0 Å². The third-order valence-electron chi connectivity index (χ3n) is 5.03. The van der Waals surface area contributed by atoms with Gasteiger partial charge in [0.15, 0.2) is 0 Å². The monoisotopic (exact) mass is 271 g/mol. The maximum Gasteiger partial charge on any atom is 0.0870 e. The number of nitriles is 1. The molecule has 3 unspecified atom stereocenters. The fourth-order valence-electron chi connectivity index (χ4n) is 3.75. The Morgan fingerprint density at radius 2 is 2.10 bits per heavy atom. The van der Waals surface area contributed by atoms with Crippen molar-refractivity contribution in [3.05, 3.63) is 35.9 Å². The van der Waals surface area contributed by atoms with Crippen LogP contribution in [0.2, 0.25) is 0 Å². The van der Waals surface area contributed by atoms with Gasteiger partial charge in [0.2, 0.25) is 0 Å². The topological polar surface area (TPSA) is 44.0 Å². The molecule has 1 aliphatic carbocycles. The number of hydrogen-bond donors (Lipinski definition) is 1. The molecule has 0 spiro atoms. The van der Waals surface area contributed by atoms with Crippen molar-refractivity contribution in [3.63, 3.8) is 0 Å². The van der Waals surface area contributed by atoms with Gasteiger partial charge in [-0.15, -0.1) is 0 Å². The molecule has 1 N–H and O–H groups in total. The van der Waals surface area contributed by atoms with Crippen molar-refractivity contribution >= 4 is 0 Å². The van der Waals surface area contributed by atoms with Gasteiger partial charge in [0.05, 0.1) is 17.1 Å². The van der Waals surface area contributed by atoms with Gasteiger partial charge in [-0.05, 0) is 30.7 Å². The summed E-state index contributed by atoms with van der Waals surface area (Å²) < 4.78 is 0. The zero-order valence-electron chi connectivity index (χ0n) is 12.6. The maximum atomic E-state index is 11.2. The largest absolute Gasteiger partial charge is 0.388 e. The van der Waals surface area contributed by atoms with E-state index < -0.39 is 11.0 Å². The van der Waals surface area contributed by atoms with Crippen molar-refractivity contribution in [3.8, 4) is 6.07 Å². The average molecular weight is 271 g/mol. The van der Waals surface area contributed by atoms with Crippen LogP contribution in [-0.2, 0) is 6.42 Å². The highest BCUT2D eigenvalue weighted by Crippen LogP contribution is 2.49. The summed E-state index contributed by atoms with van der Waals surface area (Å²) in [4.78, 5) is 0. The van der Waals surface area contributed by atoms with Crippen molar-refractivity contribution in [2.75, 3.05) is 0 Å². The van der Waals surface area contributed by atoms with Crippen LogP contribution < -0.4 is 0 Å². The van der Waals surface area contributed by atoms with Crippen LogP contribution in [0, 0.1) is 22.7 Å². The summed E-state index contributed by atoms with van der Waals surface area (Å²) in [7, 11) is 0. The summed E-state index contributed by atoms with van der Waals surface area (Å²) in [6, 6.07) is 12.6. The molecule has 0 aliphatic heterocycles. The molecule has 1 aromatic rings. The Bertz CT molecular complexity index is 478. The quantitative estimate of drug-likeness (QED) is 0.896. The lowest BCUT2D eigenvalue weighted by atomic mass is 9.59. The predicted molar refractivity (Wildman–Crippen MR) is 81.1 cm³/mol. The molecule has 2 heteroatoms. The van der Waals surface area contributed by atoms with Crippen molar-refractivity contribution in [1.82, 2.24) is 0 Å². The molecule has 0 amide bonds. The van der Waals surface area contributed by atoms with Gasteiger partial charge in [-0.1, -0.05) is 57.0 Å². The summed E-state index contributed by atoms with van der Waals surface area (Å²) in [5, 5.41) is 21.0. The van der Waals surface area contributed by atoms with Crippen molar-refractivity contribution < 1.29 is 5.11 Å². The highest BCUT2D eigenvalue weighted by molar-refractivity contribution is 5.22. The summed E-state index contributed by atoms with van der Waals surface area (Å²) in [5.74, 6) is 0.525. The second-order valence-electron chi connectivity index (χ2n) is 6.44. The molecular formula is C18H25NO. The second kappa shape index (κ2) is 5.97. The third kappa shape index (κ3) is 2.74. The van der Waals surface area contributed by atoms with Gasteiger partial charge < -0.3 is 5.11 Å². The minimum atomic E-state index is -0.919. The number of benzene rings is 1. The molecule has 2 nitrogen and oxygen atoms in total. The van der Waals surface area contributed by atoms with E-state index in [-0.39, 0.29) is 0 Å². The molecule has 0 heterocycles. The van der Waals surface area contributed by atoms with Crippen molar-refractivity contribution in [2.45, 2.75) is 58.0 Å². The summed E-state index contributed by atoms with van der Waals surface area (Å²) in [5.41, 5.74) is -0.391. The number of nitrogens with zero attached hydrogens (tertiary/aromatic N) is 1. The molecule has 0 bridgehead atoms. The van der Waals surface area contributed by atoms with Gasteiger partial charge >= 0.3 is 0 Å². The molecule has 3 atom stereocenters. The van der Waals surface area contributed by atoms with E-state index in [9.17, 15) is 10.4 Å². The molecular weight excluding hydrogens is 246 g/mol. The van der Waals surface area contributed by atoms with Crippen LogP contribution in [0.3, 0.4) is 0 Å². The Morgan fingerprint density at radius 3 is 2.65 bits per heavy atom. The van der Waals surface area contributed by atoms with Crippen LogP contribution in [0.4, 0.5) is 0 Å². The summed E-state index contributed by atoms with van der Waals surface area (Å²) >= 11 is 0. The Labute approximate surface area is 122 Å². The number of aliphatic hydroxyl groups is 1. The van der Waals surface area contributed by atoms with Crippen LogP contribution in [-0.4, -0.2) is 10.7 Å². The van der Waals surface area contributed by atoms with Gasteiger partial charge in [-0.25, -0.2) is 0 Å². The lowest BCUT2D eigenvalue weighted by Crippen LogP contribution is -2.51. The average Bonchev–Trinajstić information content (AvgIpc) is 2.48. The minimum absolute atomic E-state index is 0.525. The maximum absolute atomic E-state index is 11.2. The van der Waals surface area contributed by atoms with E-state index >= 15 is 0 Å². The first kappa shape index (κ1) is 15.1. The molecule has 1 fully saturated rings. The van der Waals surface area contributed by atoms with Crippen LogP contribution in [0.5, 0.6) is 0 Å². The molecule has 0 aromatic heterocycles. The third-order valence-corrected chi connectivity index (χ3v) is 5.03. The molecule has 20 heavy (non-hydrogen) atoms. The van der Waals surface area contributed by atoms with Crippen LogP contribution >= 0.6 is 0 Å². The van der Waals surface area contributed by atoms with Gasteiger partial charge in [0, 0.05) is 6.42 Å². The first-order chi connectivity index (χ1) is 9.55. The van der Waals surface area contributed by atoms with Crippen molar-refractivity contribution in [1.29, 1.82) is 5.26 Å². The molecule has 2 rings (SSSR count). The number of rotatable bonds is 4. The molecule has 1 aliphatic rings. The Morgan fingerprint density at radius 1 is 1.40 bits per heavy atom. The molecule has 1 saturated carbocycles. The summed E-state index contributed by atoms with van der Waals surface area (Å²) in [6.07, 6.45) is 5.07. The molecule has 1 aromatic carbocycles. The first-order valence-corrected chi connectivity index (χ1v) is 7.73. The normalized spacial score (nSPS) is 29.4. The SMILES string of the molecule is CCC(O)(Cc1ccccc1)C1(C#N)CCCC(C)C1. The highest BCUT2D eigenvalue weighted by Gasteiger charge is 2.51. The van der Waals surface area contributed by atoms with E-state index in [2.05, 4.69) is 13.0 Å². The Balaban J connectivity index is 2.30. The second-order valence-corrected chi connectivity index (χ2v) is 6.44. The van der Waals surface area contributed by atoms with Gasteiger partial charge in [-0.2, -0.15) is 5.26 Å². The first-order valence-electron chi connectivity index (χ1n) is 7.73. The minimum Gasteiger partial charge on any atom is -0.388 e. The van der Waals surface area contributed by atoms with Gasteiger partial charge in [-0.3, -0.25) is 0 Å². The van der Waals surface area contributed by atoms with Crippen molar-refractivity contribution in [2.24, 2.45) is 11.3 Å². The smallest absolute Gasteiger partial charge is 0.0870 e. The molecule has 0 radical (unpaired) electrons. The van der Waals surface area contributed by atoms with E-state index in [0.717, 1.165) is 24.8 Å². The van der Waals surface area contributed by atoms with Crippen LogP contribution in [0.15, 0.2) is 30.3 Å². The Hall–Kier alpha value is -1.33. The van der Waals surface area contributed by atoms with Gasteiger partial charge in [0.25, 0.3) is 0 Å². The van der Waals surface area contributed by atoms with E-state index in [1.807, 2.05) is 37.3 Å². The standard InChI is InChI=1S/C18H25NO/c1-3-18(20,13-16-9-5-4-6-10-16)17(14-19)11-7-8-15(2)12-17/h4-6,9-10,15,20H,3,7-8,11-13H2,1-2H3. The zero-order chi connectivity index (χ0) is 14.6. The van der Waals surface area contributed by atoms with Gasteiger partial charge in [0.1, 0.15) is 0 Å². The molecule has 108 valence electrons. The lowest BCUT2D eigenvalue weighted by Gasteiger charge is -2.46. The van der Waals surface area contributed by atoms with Crippen LogP contribution in [0.1, 0.15) is 51.5 Å². The number of hydrogen-bond acceptors (Lipinski definition) is 2. The predicted octanol–water partition coefficient (Wildman–Crippen LogP) is 4.09. The van der Waals surface area contributed by atoms with E-state index in [1.165, 1.54) is 6.42 Å². The molecule has 0 saturated heterocycles. The zero-order valence-corrected chi connectivity index (χ0v) is 12.6. The Kier molecular flexibility index (Phi) is 4.50.